The predicted octanol–water partition coefficient (Wildman–Crippen LogP) is 1.71. The van der Waals surface area contributed by atoms with E-state index in [1.807, 2.05) is 12.1 Å². The van der Waals surface area contributed by atoms with Gasteiger partial charge in [0, 0.05) is 25.3 Å². The first-order valence-electron chi connectivity index (χ1n) is 6.88. The van der Waals surface area contributed by atoms with Gasteiger partial charge in [0.1, 0.15) is 18.2 Å². The van der Waals surface area contributed by atoms with Gasteiger partial charge in [0.15, 0.2) is 0 Å². The molecule has 0 fully saturated rings. The monoisotopic (exact) mass is 279 g/mol. The molecule has 0 saturated carbocycles. The lowest BCUT2D eigenvalue weighted by atomic mass is 10.2. The smallest absolute Gasteiger partial charge is 0.122 e. The van der Waals surface area contributed by atoms with Gasteiger partial charge in [-0.15, -0.1) is 0 Å². The van der Waals surface area contributed by atoms with E-state index >= 15 is 0 Å². The molecule has 0 aliphatic rings. The van der Waals surface area contributed by atoms with Crippen LogP contribution in [0, 0.1) is 5.41 Å². The zero-order valence-corrected chi connectivity index (χ0v) is 12.6. The van der Waals surface area contributed by atoms with Gasteiger partial charge in [-0.3, -0.25) is 10.3 Å². The second-order valence-corrected chi connectivity index (χ2v) is 4.72. The van der Waals surface area contributed by atoms with E-state index in [0.29, 0.717) is 18.2 Å². The normalized spacial score (nSPS) is 12.4. The van der Waals surface area contributed by atoms with E-state index in [9.17, 15) is 0 Å². The van der Waals surface area contributed by atoms with Crippen LogP contribution in [0.5, 0.6) is 5.75 Å². The highest BCUT2D eigenvalue weighted by Gasteiger charge is 2.11. The number of amidine groups is 1. The van der Waals surface area contributed by atoms with Crippen LogP contribution >= 0.6 is 0 Å². The summed E-state index contributed by atoms with van der Waals surface area (Å²) in [4.78, 5) is 2.31. The highest BCUT2D eigenvalue weighted by atomic mass is 16.5. The summed E-state index contributed by atoms with van der Waals surface area (Å²) < 4.78 is 10.9. The molecular formula is C15H25N3O2. The second-order valence-electron chi connectivity index (χ2n) is 4.72. The van der Waals surface area contributed by atoms with E-state index < -0.39 is 0 Å². The minimum absolute atomic E-state index is 0.0714. The number of nitrogen functional groups attached to an aromatic ring is 1. The van der Waals surface area contributed by atoms with Gasteiger partial charge in [0.2, 0.25) is 0 Å². The average Bonchev–Trinajstić information content (AvgIpc) is 2.44. The van der Waals surface area contributed by atoms with Crippen molar-refractivity contribution in [3.8, 4) is 5.75 Å². The Bertz CT molecular complexity index is 406. The summed E-state index contributed by atoms with van der Waals surface area (Å²) in [5.41, 5.74) is 6.12. The number of ether oxygens (including phenoxy) is 2. The zero-order valence-electron chi connectivity index (χ0n) is 12.6. The molecule has 0 aromatic heterocycles. The highest BCUT2D eigenvalue weighted by molar-refractivity contribution is 5.94. The van der Waals surface area contributed by atoms with Crippen molar-refractivity contribution >= 4 is 5.84 Å². The predicted molar refractivity (Wildman–Crippen MR) is 81.5 cm³/mol. The fraction of sp³-hybridized carbons (Fsp3) is 0.533. The van der Waals surface area contributed by atoms with Gasteiger partial charge in [-0.05, 0) is 37.7 Å². The quantitative estimate of drug-likeness (QED) is 0.533. The molecule has 0 bridgehead atoms. The molecule has 0 amide bonds. The third kappa shape index (κ3) is 5.19. The van der Waals surface area contributed by atoms with Crippen molar-refractivity contribution in [1.82, 2.24) is 4.90 Å². The number of likely N-dealkylation sites (N-methyl/N-ethyl adjacent to an activating group) is 1. The van der Waals surface area contributed by atoms with E-state index in [0.717, 1.165) is 25.4 Å². The van der Waals surface area contributed by atoms with Crippen molar-refractivity contribution in [2.45, 2.75) is 19.9 Å². The highest BCUT2D eigenvalue weighted by Crippen LogP contribution is 2.12. The van der Waals surface area contributed by atoms with Crippen molar-refractivity contribution in [3.05, 3.63) is 29.8 Å². The molecule has 3 N–H and O–H groups in total. The molecule has 0 aliphatic carbocycles. The summed E-state index contributed by atoms with van der Waals surface area (Å²) >= 11 is 0. The van der Waals surface area contributed by atoms with Gasteiger partial charge in [-0.1, -0.05) is 6.92 Å². The molecule has 0 saturated heterocycles. The Morgan fingerprint density at radius 2 is 2.00 bits per heavy atom. The van der Waals surface area contributed by atoms with Crippen molar-refractivity contribution < 1.29 is 9.47 Å². The van der Waals surface area contributed by atoms with Gasteiger partial charge in [0.25, 0.3) is 0 Å². The third-order valence-corrected chi connectivity index (χ3v) is 3.25. The van der Waals surface area contributed by atoms with Crippen molar-refractivity contribution in [2.75, 3.05) is 33.4 Å². The molecule has 5 heteroatoms. The Kier molecular flexibility index (Phi) is 7.04. The van der Waals surface area contributed by atoms with Crippen molar-refractivity contribution in [3.63, 3.8) is 0 Å². The number of benzene rings is 1. The fourth-order valence-corrected chi connectivity index (χ4v) is 2.05. The Morgan fingerprint density at radius 3 is 2.50 bits per heavy atom. The fourth-order valence-electron chi connectivity index (χ4n) is 2.05. The number of methoxy groups -OCH3 is 1. The number of nitrogens with zero attached hydrogens (tertiary/aromatic N) is 1. The molecule has 0 spiro atoms. The van der Waals surface area contributed by atoms with Crippen LogP contribution in [0.1, 0.15) is 19.4 Å². The number of hydrogen-bond donors (Lipinski definition) is 2. The maximum absolute atomic E-state index is 7.33. The largest absolute Gasteiger partial charge is 0.492 e. The average molecular weight is 279 g/mol. The first-order valence-corrected chi connectivity index (χ1v) is 6.88. The SMILES string of the molecule is CCN(CCOc1ccc(C(=N)N)cc1)C(C)COC. The first-order chi connectivity index (χ1) is 9.58. The molecule has 112 valence electrons. The van der Waals surface area contributed by atoms with Gasteiger partial charge in [0.05, 0.1) is 6.61 Å². The Balaban J connectivity index is 2.40. The number of nitrogens with one attached hydrogen (secondary N) is 1. The summed E-state index contributed by atoms with van der Waals surface area (Å²) in [6.07, 6.45) is 0. The van der Waals surface area contributed by atoms with Crippen molar-refractivity contribution in [1.29, 1.82) is 5.41 Å². The van der Waals surface area contributed by atoms with Crippen molar-refractivity contribution in [2.24, 2.45) is 5.73 Å². The van der Waals surface area contributed by atoms with Crippen LogP contribution in [0.15, 0.2) is 24.3 Å². The van der Waals surface area contributed by atoms with E-state index in [4.69, 9.17) is 20.6 Å². The standard InChI is InChI=1S/C15H25N3O2/c1-4-18(12(2)11-19-3)9-10-20-14-7-5-13(6-8-14)15(16)17/h5-8,12H,4,9-11H2,1-3H3,(H3,16,17). The molecule has 0 aliphatic heterocycles. The maximum atomic E-state index is 7.33. The molecule has 1 unspecified atom stereocenters. The first kappa shape index (κ1) is 16.5. The molecule has 1 aromatic carbocycles. The molecule has 5 nitrogen and oxygen atoms in total. The molecule has 0 heterocycles. The number of rotatable bonds is 9. The Labute approximate surface area is 121 Å². The maximum Gasteiger partial charge on any atom is 0.122 e. The molecule has 1 rings (SSSR count). The molecule has 1 atom stereocenters. The van der Waals surface area contributed by atoms with Gasteiger partial charge in [-0.25, -0.2) is 0 Å². The lowest BCUT2D eigenvalue weighted by Gasteiger charge is -2.27. The van der Waals surface area contributed by atoms with Crippen LogP contribution in [0.4, 0.5) is 0 Å². The molecule has 0 radical (unpaired) electrons. The second kappa shape index (κ2) is 8.55. The summed E-state index contributed by atoms with van der Waals surface area (Å²) in [6.45, 7) is 7.46. The van der Waals surface area contributed by atoms with Crippen LogP contribution in [-0.2, 0) is 4.74 Å². The minimum Gasteiger partial charge on any atom is -0.492 e. The van der Waals surface area contributed by atoms with Crippen LogP contribution in [-0.4, -0.2) is 50.2 Å². The lowest BCUT2D eigenvalue weighted by Crippen LogP contribution is -2.38. The summed E-state index contributed by atoms with van der Waals surface area (Å²) in [7, 11) is 1.72. The van der Waals surface area contributed by atoms with E-state index in [2.05, 4.69) is 18.7 Å². The third-order valence-electron chi connectivity index (χ3n) is 3.25. The Morgan fingerprint density at radius 1 is 1.35 bits per heavy atom. The van der Waals surface area contributed by atoms with E-state index in [1.54, 1.807) is 19.2 Å². The van der Waals surface area contributed by atoms with Crippen LogP contribution in [0.2, 0.25) is 0 Å². The molecular weight excluding hydrogens is 254 g/mol. The van der Waals surface area contributed by atoms with Crippen LogP contribution < -0.4 is 10.5 Å². The number of nitrogens with two attached hydrogens (primary N) is 1. The molecule has 1 aromatic rings. The van der Waals surface area contributed by atoms with E-state index in [1.165, 1.54) is 0 Å². The Hall–Kier alpha value is -1.59. The lowest BCUT2D eigenvalue weighted by molar-refractivity contribution is 0.0920. The van der Waals surface area contributed by atoms with Gasteiger partial charge < -0.3 is 15.2 Å². The van der Waals surface area contributed by atoms with Gasteiger partial charge >= 0.3 is 0 Å². The minimum atomic E-state index is 0.0714. The van der Waals surface area contributed by atoms with Gasteiger partial charge in [-0.2, -0.15) is 0 Å². The molecule has 20 heavy (non-hydrogen) atoms. The van der Waals surface area contributed by atoms with E-state index in [-0.39, 0.29) is 5.84 Å². The van der Waals surface area contributed by atoms with Crippen LogP contribution in [0.25, 0.3) is 0 Å². The summed E-state index contributed by atoms with van der Waals surface area (Å²) in [5, 5.41) is 7.33. The summed E-state index contributed by atoms with van der Waals surface area (Å²) in [6, 6.07) is 7.65. The van der Waals surface area contributed by atoms with Crippen LogP contribution in [0.3, 0.4) is 0 Å². The number of hydrogen-bond acceptors (Lipinski definition) is 4. The summed E-state index contributed by atoms with van der Waals surface area (Å²) in [5.74, 6) is 0.868. The zero-order chi connectivity index (χ0) is 15.0. The topological polar surface area (TPSA) is 71.6 Å².